The Morgan fingerprint density at radius 1 is 0.321 bits per heavy atom. The van der Waals surface area contributed by atoms with Crippen LogP contribution < -0.4 is 29.1 Å². The maximum absolute atomic E-state index is 6.41. The fraction of sp³-hybridized carbons (Fsp3) is 0.727. The Morgan fingerprint density at radius 3 is 0.696 bits per heavy atom. The van der Waals surface area contributed by atoms with Gasteiger partial charge in [0.2, 0.25) is 23.8 Å². The molecule has 0 saturated carbocycles. The van der Waals surface area contributed by atoms with Gasteiger partial charge in [0, 0.05) is 52.4 Å². The smallest absolute Gasteiger partial charge is 0.328 e. The third-order valence-corrected chi connectivity index (χ3v) is 9.81. The molecular weight excluding hydrogens is 701 g/mol. The highest BCUT2D eigenvalue weighted by atomic mass is 16.5. The molecule has 0 saturated heterocycles. The maximum atomic E-state index is 6.41. The summed E-state index contributed by atoms with van der Waals surface area (Å²) in [5.41, 5.74) is 0. The van der Waals surface area contributed by atoms with E-state index in [1.54, 1.807) is 0 Å². The fourth-order valence-corrected chi connectivity index (χ4v) is 6.15. The summed E-state index contributed by atoms with van der Waals surface area (Å²) >= 11 is 0. The highest BCUT2D eigenvalue weighted by molar-refractivity contribution is 5.44. The van der Waals surface area contributed by atoms with Crippen molar-refractivity contribution in [1.82, 2.24) is 29.9 Å². The minimum Gasteiger partial charge on any atom is -0.424 e. The Kier molecular flexibility index (Phi) is 22.9. The second-order valence-electron chi connectivity index (χ2n) is 14.9. The van der Waals surface area contributed by atoms with Crippen LogP contribution in [0.3, 0.4) is 0 Å². The first kappa shape index (κ1) is 46.4. The first-order valence-corrected chi connectivity index (χ1v) is 22.4. The predicted octanol–water partition coefficient (Wildman–Crippen LogP) is 11.3. The molecule has 0 aliphatic rings. The number of ether oxygens (including phenoxy) is 2. The molecule has 2 aromatic heterocycles. The van der Waals surface area contributed by atoms with Crippen molar-refractivity contribution in [2.45, 2.75) is 158 Å². The van der Waals surface area contributed by atoms with Gasteiger partial charge in [0.15, 0.2) is 0 Å². The molecule has 3 rings (SSSR count). The van der Waals surface area contributed by atoms with Crippen LogP contribution in [-0.2, 0) is 0 Å². The van der Waals surface area contributed by atoms with Crippen molar-refractivity contribution in [1.29, 1.82) is 0 Å². The molecule has 314 valence electrons. The lowest BCUT2D eigenvalue weighted by atomic mass is 10.2. The molecule has 0 spiro atoms. The van der Waals surface area contributed by atoms with Crippen LogP contribution >= 0.6 is 0 Å². The molecule has 1 aromatic carbocycles. The molecule has 0 atom stereocenters. The molecule has 0 aliphatic carbocycles. The molecular formula is C44H76N10O2. The fourth-order valence-electron chi connectivity index (χ4n) is 6.15. The van der Waals surface area contributed by atoms with Crippen LogP contribution in [0.15, 0.2) is 24.3 Å². The summed E-state index contributed by atoms with van der Waals surface area (Å²) in [5.74, 6) is 3.98. The minimum atomic E-state index is 0.305. The predicted molar refractivity (Wildman–Crippen MR) is 234 cm³/mol. The van der Waals surface area contributed by atoms with E-state index < -0.39 is 0 Å². The quantitative estimate of drug-likeness (QED) is 0.0602. The Balaban J connectivity index is 1.97. The zero-order chi connectivity index (χ0) is 40.4. The zero-order valence-corrected chi connectivity index (χ0v) is 36.6. The van der Waals surface area contributed by atoms with Gasteiger partial charge in [-0.15, -0.1) is 0 Å². The molecule has 12 heteroatoms. The summed E-state index contributed by atoms with van der Waals surface area (Å²) in [6.07, 6.45) is 17.5. The SMILES string of the molecule is CCCCN(CCCC)c1nc(Oc2ccc(Oc3nc(N(CCCC)CCCC)nc(N(CCCC)CCCC)n3)cc2)nc(N(CCCC)CCCC)n1. The largest absolute Gasteiger partial charge is 0.424 e. The molecule has 0 radical (unpaired) electrons. The second kappa shape index (κ2) is 27.6. The van der Waals surface area contributed by atoms with Crippen LogP contribution in [0.5, 0.6) is 23.5 Å². The molecule has 56 heavy (non-hydrogen) atoms. The van der Waals surface area contributed by atoms with E-state index in [0.29, 0.717) is 47.3 Å². The number of hydrogen-bond donors (Lipinski definition) is 0. The van der Waals surface area contributed by atoms with E-state index in [1.807, 2.05) is 24.3 Å². The standard InChI is InChI=1S/C44H76N10O2/c1-9-17-29-51(30-18-10-2)39-45-40(52(31-19-11-3)32-20-12-4)48-43(47-39)55-37-25-27-38(28-26-37)56-44-49-41(53(33-21-13-5)34-22-14-6)46-42(50-44)54(35-23-15-7)36-24-16-8/h25-28H,9-24,29-36H2,1-8H3. The third-order valence-electron chi connectivity index (χ3n) is 9.81. The van der Waals surface area contributed by atoms with E-state index in [4.69, 9.17) is 39.4 Å². The molecule has 0 aliphatic heterocycles. The maximum Gasteiger partial charge on any atom is 0.328 e. The van der Waals surface area contributed by atoms with E-state index in [9.17, 15) is 0 Å². The normalized spacial score (nSPS) is 11.1. The number of benzene rings is 1. The molecule has 3 aromatic rings. The van der Waals surface area contributed by atoms with Crippen molar-refractivity contribution in [3.8, 4) is 23.5 Å². The molecule has 0 amide bonds. The van der Waals surface area contributed by atoms with Gasteiger partial charge in [0.1, 0.15) is 11.5 Å². The molecule has 0 bridgehead atoms. The summed E-state index contributed by atoms with van der Waals surface area (Å²) in [6, 6.07) is 8.18. The van der Waals surface area contributed by atoms with E-state index in [1.165, 1.54) is 0 Å². The van der Waals surface area contributed by atoms with Crippen molar-refractivity contribution < 1.29 is 9.47 Å². The van der Waals surface area contributed by atoms with Gasteiger partial charge >= 0.3 is 12.0 Å². The molecule has 0 N–H and O–H groups in total. The zero-order valence-electron chi connectivity index (χ0n) is 36.6. The van der Waals surface area contributed by atoms with Crippen molar-refractivity contribution in [2.75, 3.05) is 72.0 Å². The van der Waals surface area contributed by atoms with Crippen molar-refractivity contribution in [3.63, 3.8) is 0 Å². The van der Waals surface area contributed by atoms with Gasteiger partial charge in [-0.3, -0.25) is 0 Å². The average Bonchev–Trinajstić information content (AvgIpc) is 3.21. The van der Waals surface area contributed by atoms with Crippen LogP contribution in [0, 0.1) is 0 Å². The van der Waals surface area contributed by atoms with Gasteiger partial charge in [-0.25, -0.2) is 0 Å². The summed E-state index contributed by atoms with van der Waals surface area (Å²) in [7, 11) is 0. The van der Waals surface area contributed by atoms with E-state index >= 15 is 0 Å². The monoisotopic (exact) mass is 777 g/mol. The Morgan fingerprint density at radius 2 is 0.518 bits per heavy atom. The molecule has 0 unspecified atom stereocenters. The van der Waals surface area contributed by atoms with Crippen LogP contribution in [0.2, 0.25) is 0 Å². The number of aromatic nitrogens is 6. The molecule has 2 heterocycles. The van der Waals surface area contributed by atoms with Crippen LogP contribution in [0.4, 0.5) is 23.8 Å². The van der Waals surface area contributed by atoms with Gasteiger partial charge in [0.05, 0.1) is 0 Å². The minimum absolute atomic E-state index is 0.305. The third kappa shape index (κ3) is 16.3. The van der Waals surface area contributed by atoms with Crippen LogP contribution in [0.1, 0.15) is 158 Å². The Labute approximate surface area is 340 Å². The van der Waals surface area contributed by atoms with Crippen LogP contribution in [0.25, 0.3) is 0 Å². The van der Waals surface area contributed by atoms with E-state index in [2.05, 4.69) is 75.0 Å². The topological polar surface area (TPSA) is 109 Å². The summed E-state index contributed by atoms with van der Waals surface area (Å²) < 4.78 is 12.8. The summed E-state index contributed by atoms with van der Waals surface area (Å²) in [5, 5.41) is 0. The summed E-state index contributed by atoms with van der Waals surface area (Å²) in [6.45, 7) is 25.0. The average molecular weight is 777 g/mol. The number of unbranched alkanes of at least 4 members (excludes halogenated alkanes) is 8. The van der Waals surface area contributed by atoms with Gasteiger partial charge in [0.25, 0.3) is 0 Å². The van der Waals surface area contributed by atoms with Crippen molar-refractivity contribution in [2.24, 2.45) is 0 Å². The number of hydrogen-bond acceptors (Lipinski definition) is 12. The number of rotatable bonds is 32. The Bertz CT molecular complexity index is 1240. The number of nitrogens with zero attached hydrogens (tertiary/aromatic N) is 10. The van der Waals surface area contributed by atoms with Gasteiger partial charge in [-0.05, 0) is 75.6 Å². The lowest BCUT2D eigenvalue weighted by molar-refractivity contribution is 0.426. The van der Waals surface area contributed by atoms with Crippen molar-refractivity contribution >= 4 is 23.8 Å². The lowest BCUT2D eigenvalue weighted by Crippen LogP contribution is -2.31. The van der Waals surface area contributed by atoms with E-state index in [0.717, 1.165) is 155 Å². The molecule has 12 nitrogen and oxygen atoms in total. The number of anilines is 4. The van der Waals surface area contributed by atoms with Gasteiger partial charge < -0.3 is 29.1 Å². The van der Waals surface area contributed by atoms with Gasteiger partial charge in [-0.1, -0.05) is 107 Å². The highest BCUT2D eigenvalue weighted by Crippen LogP contribution is 2.29. The second-order valence-corrected chi connectivity index (χ2v) is 14.9. The van der Waals surface area contributed by atoms with Crippen LogP contribution in [-0.4, -0.2) is 82.3 Å². The first-order chi connectivity index (χ1) is 27.4. The lowest BCUT2D eigenvalue weighted by Gasteiger charge is -2.26. The molecule has 0 fully saturated rings. The highest BCUT2D eigenvalue weighted by Gasteiger charge is 2.21. The van der Waals surface area contributed by atoms with Crippen molar-refractivity contribution in [3.05, 3.63) is 24.3 Å². The van der Waals surface area contributed by atoms with Gasteiger partial charge in [-0.2, -0.15) is 29.9 Å². The first-order valence-electron chi connectivity index (χ1n) is 22.4. The summed E-state index contributed by atoms with van der Waals surface area (Å²) in [4.78, 5) is 38.9. The van der Waals surface area contributed by atoms with E-state index in [-0.39, 0.29) is 0 Å². The Hall–Kier alpha value is -3.96.